The lowest BCUT2D eigenvalue weighted by atomic mass is 10.3. The van der Waals surface area contributed by atoms with Gasteiger partial charge in [-0.2, -0.15) is 0 Å². The van der Waals surface area contributed by atoms with Crippen LogP contribution >= 0.6 is 35.3 Å². The molecule has 2 nitrogen and oxygen atoms in total. The van der Waals surface area contributed by atoms with E-state index < -0.39 is 0 Å². The van der Waals surface area contributed by atoms with E-state index in [9.17, 15) is 4.79 Å². The second-order valence-electron chi connectivity index (χ2n) is 4.36. The fourth-order valence-corrected chi connectivity index (χ4v) is 8.02. The highest BCUT2D eigenvalue weighted by Gasteiger charge is 2.37. The maximum absolute atomic E-state index is 11.7. The summed E-state index contributed by atoms with van der Waals surface area (Å²) < 4.78 is 2.74. The SMILES string of the molecule is CC(=O)N(C)c1ccccc1[S+]1C=CSC1=C1SC=CS1. The number of benzene rings is 1. The van der Waals surface area contributed by atoms with Gasteiger partial charge in [-0.1, -0.05) is 35.7 Å². The van der Waals surface area contributed by atoms with Gasteiger partial charge in [0.25, 0.3) is 0 Å². The molecule has 0 bridgehead atoms. The summed E-state index contributed by atoms with van der Waals surface area (Å²) in [6.45, 7) is 1.60. The largest absolute Gasteiger partial charge is 0.311 e. The van der Waals surface area contributed by atoms with Crippen LogP contribution in [0.5, 0.6) is 0 Å². The van der Waals surface area contributed by atoms with E-state index in [0.717, 1.165) is 5.69 Å². The Hall–Kier alpha value is -0.690. The van der Waals surface area contributed by atoms with Crippen molar-refractivity contribution in [2.24, 2.45) is 0 Å². The Labute approximate surface area is 140 Å². The first-order chi connectivity index (χ1) is 10.2. The third-order valence-electron chi connectivity index (χ3n) is 3.07. The normalized spacial score (nSPS) is 20.4. The van der Waals surface area contributed by atoms with E-state index in [4.69, 9.17) is 0 Å². The number of hydrogen-bond donors (Lipinski definition) is 0. The Kier molecular flexibility index (Phi) is 4.78. The third-order valence-corrected chi connectivity index (χ3v) is 9.24. The summed E-state index contributed by atoms with van der Waals surface area (Å²) in [5, 5.41) is 8.66. The van der Waals surface area contributed by atoms with Crippen molar-refractivity contribution in [3.8, 4) is 0 Å². The van der Waals surface area contributed by atoms with Gasteiger partial charge in [0.1, 0.15) is 20.5 Å². The van der Waals surface area contributed by atoms with Crippen LogP contribution in [0, 0.1) is 0 Å². The van der Waals surface area contributed by atoms with Crippen LogP contribution in [0.4, 0.5) is 5.69 Å². The van der Waals surface area contributed by atoms with Gasteiger partial charge in [-0.05, 0) is 34.7 Å². The second kappa shape index (κ2) is 6.60. The van der Waals surface area contributed by atoms with E-state index in [1.54, 1.807) is 47.1 Å². The molecule has 6 heteroatoms. The number of hydrogen-bond acceptors (Lipinski definition) is 4. The van der Waals surface area contributed by atoms with E-state index in [1.807, 2.05) is 25.2 Å². The molecule has 0 N–H and O–H groups in total. The zero-order valence-electron chi connectivity index (χ0n) is 11.6. The first-order valence-electron chi connectivity index (χ1n) is 6.31. The average Bonchev–Trinajstić information content (AvgIpc) is 3.16. The lowest BCUT2D eigenvalue weighted by Gasteiger charge is -2.17. The van der Waals surface area contributed by atoms with Gasteiger partial charge in [0.05, 0.1) is 5.69 Å². The summed E-state index contributed by atoms with van der Waals surface area (Å²) in [5.41, 5.74) is 1.000. The van der Waals surface area contributed by atoms with Crippen LogP contribution in [0.1, 0.15) is 6.92 Å². The lowest BCUT2D eigenvalue weighted by Crippen LogP contribution is -2.24. The molecular formula is C15H14NOS4+. The lowest BCUT2D eigenvalue weighted by molar-refractivity contribution is -0.116. The Balaban J connectivity index is 2.02. The second-order valence-corrected chi connectivity index (χ2v) is 9.42. The molecule has 21 heavy (non-hydrogen) atoms. The first kappa shape index (κ1) is 15.2. The van der Waals surface area contributed by atoms with Crippen molar-refractivity contribution >= 4 is 57.8 Å². The number of rotatable bonds is 2. The van der Waals surface area contributed by atoms with Crippen LogP contribution in [-0.2, 0) is 15.7 Å². The highest BCUT2D eigenvalue weighted by molar-refractivity contribution is 8.32. The van der Waals surface area contributed by atoms with Crippen LogP contribution in [-0.4, -0.2) is 13.0 Å². The zero-order chi connectivity index (χ0) is 14.8. The molecule has 0 aliphatic carbocycles. The molecule has 2 heterocycles. The fraction of sp³-hybridized carbons (Fsp3) is 0.133. The molecule has 0 aromatic heterocycles. The Morgan fingerprint density at radius 2 is 1.81 bits per heavy atom. The van der Waals surface area contributed by atoms with Gasteiger partial charge < -0.3 is 4.90 Å². The molecular weight excluding hydrogens is 338 g/mol. The number of carbonyl (C=O) groups is 1. The summed E-state index contributed by atoms with van der Waals surface area (Å²) in [6, 6.07) is 8.19. The molecule has 0 radical (unpaired) electrons. The molecule has 0 saturated carbocycles. The molecule has 1 aromatic rings. The van der Waals surface area contributed by atoms with Crippen molar-refractivity contribution in [1.82, 2.24) is 0 Å². The van der Waals surface area contributed by atoms with E-state index in [-0.39, 0.29) is 16.8 Å². The van der Waals surface area contributed by atoms with E-state index in [0.29, 0.717) is 0 Å². The monoisotopic (exact) mass is 352 g/mol. The van der Waals surface area contributed by atoms with Gasteiger partial charge in [-0.25, -0.2) is 0 Å². The van der Waals surface area contributed by atoms with Crippen molar-refractivity contribution in [2.45, 2.75) is 11.8 Å². The summed E-state index contributed by atoms with van der Waals surface area (Å²) in [6.07, 6.45) is 0. The van der Waals surface area contributed by atoms with Gasteiger partial charge in [0.2, 0.25) is 10.1 Å². The van der Waals surface area contributed by atoms with Crippen LogP contribution in [0.15, 0.2) is 59.3 Å². The van der Waals surface area contributed by atoms with Crippen molar-refractivity contribution in [3.63, 3.8) is 0 Å². The minimum absolute atomic E-state index is 0.0577. The highest BCUT2D eigenvalue weighted by atomic mass is 32.2. The minimum Gasteiger partial charge on any atom is -0.311 e. The number of para-hydroxylation sites is 1. The van der Waals surface area contributed by atoms with Crippen LogP contribution < -0.4 is 4.90 Å². The molecule has 0 saturated heterocycles. The quantitative estimate of drug-likeness (QED) is 0.702. The van der Waals surface area contributed by atoms with Gasteiger partial charge in [0.15, 0.2) is 4.90 Å². The van der Waals surface area contributed by atoms with Crippen LogP contribution in [0.2, 0.25) is 0 Å². The summed E-state index contributed by atoms with van der Waals surface area (Å²) >= 11 is 5.37. The smallest absolute Gasteiger partial charge is 0.224 e. The predicted octanol–water partition coefficient (Wildman–Crippen LogP) is 4.94. The van der Waals surface area contributed by atoms with Gasteiger partial charge in [-0.3, -0.25) is 4.79 Å². The summed E-state index contributed by atoms with van der Waals surface area (Å²) in [5.74, 6) is 0.0577. The van der Waals surface area contributed by atoms with Gasteiger partial charge >= 0.3 is 0 Å². The fourth-order valence-electron chi connectivity index (χ4n) is 1.96. The Morgan fingerprint density at radius 3 is 2.52 bits per heavy atom. The highest BCUT2D eigenvalue weighted by Crippen LogP contribution is 2.51. The number of thioether (sulfide) groups is 3. The van der Waals surface area contributed by atoms with Crippen molar-refractivity contribution < 1.29 is 4.79 Å². The molecule has 3 rings (SSSR count). The Bertz CT molecular complexity index is 655. The van der Waals surface area contributed by atoms with Gasteiger partial charge in [0, 0.05) is 19.4 Å². The molecule has 1 aromatic carbocycles. The van der Waals surface area contributed by atoms with Crippen LogP contribution in [0.3, 0.4) is 0 Å². The van der Waals surface area contributed by atoms with Gasteiger partial charge in [-0.15, -0.1) is 0 Å². The average molecular weight is 353 g/mol. The molecule has 0 fully saturated rings. The van der Waals surface area contributed by atoms with E-state index in [1.165, 1.54) is 13.4 Å². The number of carbonyl (C=O) groups excluding carboxylic acids is 1. The molecule has 1 unspecified atom stereocenters. The zero-order valence-corrected chi connectivity index (χ0v) is 14.9. The molecule has 108 valence electrons. The number of anilines is 1. The number of amides is 1. The standard InChI is InChI=1S/C15H14NOS4/c1-11(17)16(2)12-5-3-4-6-13(12)21-10-9-20-15(21)14-18-7-8-19-14/h3-10H,1-2H3/q+1. The van der Waals surface area contributed by atoms with Crippen LogP contribution in [0.25, 0.3) is 0 Å². The van der Waals surface area contributed by atoms with E-state index in [2.05, 4.69) is 27.7 Å². The maximum Gasteiger partial charge on any atom is 0.224 e. The molecule has 2 aliphatic heterocycles. The molecule has 0 spiro atoms. The van der Waals surface area contributed by atoms with Crippen molar-refractivity contribution in [2.75, 3.05) is 11.9 Å². The summed E-state index contributed by atoms with van der Waals surface area (Å²) in [4.78, 5) is 14.7. The maximum atomic E-state index is 11.7. The topological polar surface area (TPSA) is 20.3 Å². The predicted molar refractivity (Wildman–Crippen MR) is 99.2 cm³/mol. The molecule has 1 amide bonds. The summed E-state index contributed by atoms with van der Waals surface area (Å²) in [7, 11) is 1.76. The molecule has 1 atom stereocenters. The van der Waals surface area contributed by atoms with E-state index >= 15 is 0 Å². The third kappa shape index (κ3) is 3.08. The minimum atomic E-state index is -0.0805. The molecule has 2 aliphatic rings. The number of nitrogens with zero attached hydrogens (tertiary/aromatic N) is 1. The van der Waals surface area contributed by atoms with Crippen molar-refractivity contribution in [3.05, 3.63) is 54.4 Å². The van der Waals surface area contributed by atoms with Crippen molar-refractivity contribution in [1.29, 1.82) is 0 Å². The Morgan fingerprint density at radius 1 is 1.10 bits per heavy atom. The first-order valence-corrected chi connectivity index (χ1v) is 10.2.